The molecule has 1 unspecified atom stereocenters. The summed E-state index contributed by atoms with van der Waals surface area (Å²) in [5.41, 5.74) is 5.23. The minimum Gasteiger partial charge on any atom is -1.00 e. The number of aryl methyl sites for hydroxylation is 4. The van der Waals surface area contributed by atoms with Gasteiger partial charge in [-0.15, -0.1) is 6.58 Å². The third kappa shape index (κ3) is 8.74. The molecule has 1 atom stereocenters. The first kappa shape index (κ1) is 48.0. The SMILES string of the molecule is C=CC(O)c1[nH]c(=O)c2c(ccc3nc(Nc4c(Cl)cccc4Cl)n(C)c32)c1C.Cc1c(C=O)[nH]c(=O)c2c1ccc1nc(Nc3c(Cl)cccc3Cl)n(C)c12.[Br-].[CH-]=C.[Mg+2]. The second-order valence-corrected chi connectivity index (χ2v) is 14.6. The van der Waals surface area contributed by atoms with Crippen LogP contribution in [0.15, 0.2) is 89.5 Å². The van der Waals surface area contributed by atoms with Crippen molar-refractivity contribution in [3.63, 3.8) is 0 Å². The molecule has 4 heterocycles. The van der Waals surface area contributed by atoms with E-state index < -0.39 is 6.10 Å². The molecule has 0 amide bonds. The quantitative estimate of drug-likeness (QED) is 0.0504. The molecule has 0 saturated carbocycles. The van der Waals surface area contributed by atoms with Crippen molar-refractivity contribution >= 4 is 143 Å². The fourth-order valence-corrected chi connectivity index (χ4v) is 7.74. The molecule has 18 heteroatoms. The Bertz CT molecular complexity index is 3030. The molecule has 0 spiro atoms. The van der Waals surface area contributed by atoms with Crippen molar-refractivity contribution in [1.29, 1.82) is 0 Å². The van der Waals surface area contributed by atoms with Crippen LogP contribution in [0.5, 0.6) is 0 Å². The van der Waals surface area contributed by atoms with Crippen molar-refractivity contribution < 1.29 is 26.9 Å². The van der Waals surface area contributed by atoms with Crippen LogP contribution in [0, 0.1) is 20.4 Å². The third-order valence-electron chi connectivity index (χ3n) is 9.67. The van der Waals surface area contributed by atoms with Gasteiger partial charge in [-0.2, -0.15) is 0 Å². The Kier molecular flexibility index (Phi) is 15.9. The van der Waals surface area contributed by atoms with Crippen LogP contribution in [-0.4, -0.2) is 63.5 Å². The topological polar surface area (TPSA) is 163 Å². The predicted octanol–water partition coefficient (Wildman–Crippen LogP) is 6.81. The molecule has 12 nitrogen and oxygen atoms in total. The standard InChI is InChI=1S/C21H18Cl2N4O2.C19H14Cl2N4O2.C2H3.BrH.Mg/c1-4-15(28)17-10(2)11-8-9-14-19(16(11)20(29)25-17)27(3)21(24-14)26-18-12(22)6-5-7-13(18)23;1-9-10-6-7-13-17(15(10)18(27)22-14(9)8-26)25(2)19(23-13)24-16-11(20)4-3-5-12(16)21;1-2;;/h4-9,15,28H,1H2,2-3H3,(H,24,26)(H,25,29);3-8H,1-2H3,(H,22,27)(H,23,24);1H,2H2;1H;/q;;-1;;+2/p-1. The summed E-state index contributed by atoms with van der Waals surface area (Å²) in [7, 11) is 3.60. The van der Waals surface area contributed by atoms with Crippen molar-refractivity contribution in [1.82, 2.24) is 29.1 Å². The van der Waals surface area contributed by atoms with E-state index in [9.17, 15) is 19.5 Å². The number of aldehydes is 1. The molecule has 304 valence electrons. The maximum absolute atomic E-state index is 12.9. The molecule has 0 aliphatic carbocycles. The smallest absolute Gasteiger partial charge is 1.00 e. The molecule has 8 aromatic rings. The zero-order chi connectivity index (χ0) is 42.2. The van der Waals surface area contributed by atoms with Crippen LogP contribution in [-0.2, 0) is 14.1 Å². The number of aromatic nitrogens is 6. The first-order valence-electron chi connectivity index (χ1n) is 17.4. The van der Waals surface area contributed by atoms with E-state index in [0.29, 0.717) is 99.1 Å². The van der Waals surface area contributed by atoms with Gasteiger partial charge in [0.25, 0.3) is 11.1 Å². The van der Waals surface area contributed by atoms with Crippen molar-refractivity contribution in [2.24, 2.45) is 14.1 Å². The Morgan fingerprint density at radius 1 is 0.733 bits per heavy atom. The molecule has 4 aromatic heterocycles. The van der Waals surface area contributed by atoms with E-state index in [4.69, 9.17) is 46.4 Å². The molecular formula is C42H35BrCl4MgN8O4. The molecular weight excluding hydrogens is 927 g/mol. The van der Waals surface area contributed by atoms with Gasteiger partial charge in [-0.25, -0.2) is 9.97 Å². The first-order valence-corrected chi connectivity index (χ1v) is 18.9. The number of aliphatic hydroxyl groups excluding tert-OH is 1. The van der Waals surface area contributed by atoms with Crippen molar-refractivity contribution in [2.75, 3.05) is 10.6 Å². The van der Waals surface area contributed by atoms with Crippen molar-refractivity contribution in [3.8, 4) is 0 Å². The van der Waals surface area contributed by atoms with Gasteiger partial charge in [0.1, 0.15) is 6.10 Å². The Balaban J connectivity index is 0.000000247. The molecule has 0 saturated heterocycles. The number of hydrogen-bond acceptors (Lipinski definition) is 8. The summed E-state index contributed by atoms with van der Waals surface area (Å²) in [6.45, 7) is 14.2. The number of fused-ring (bicyclic) bond motifs is 6. The number of nitrogens with one attached hydrogen (secondary N) is 4. The molecule has 4 aromatic carbocycles. The summed E-state index contributed by atoms with van der Waals surface area (Å²) in [6.07, 6.45) is 1.08. The van der Waals surface area contributed by atoms with Gasteiger partial charge in [-0.05, 0) is 72.1 Å². The van der Waals surface area contributed by atoms with Gasteiger partial charge in [-0.1, -0.05) is 76.7 Å². The number of rotatable bonds is 7. The fourth-order valence-electron chi connectivity index (χ4n) is 6.75. The van der Waals surface area contributed by atoms with E-state index >= 15 is 0 Å². The van der Waals surface area contributed by atoms with Crippen molar-refractivity contribution in [3.05, 3.63) is 150 Å². The van der Waals surface area contributed by atoms with Crippen LogP contribution < -0.4 is 38.7 Å². The summed E-state index contributed by atoms with van der Waals surface area (Å²) >= 11 is 25.0. The van der Waals surface area contributed by atoms with E-state index in [1.54, 1.807) is 65.6 Å². The van der Waals surface area contributed by atoms with Crippen LogP contribution in [0.3, 0.4) is 0 Å². The van der Waals surface area contributed by atoms with Crippen molar-refractivity contribution in [2.45, 2.75) is 20.0 Å². The number of benzene rings is 4. The number of carbonyl (C=O) groups excluding carboxylic acids is 1. The average Bonchev–Trinajstić information content (AvgIpc) is 3.71. The number of para-hydroxylation sites is 2. The Labute approximate surface area is 390 Å². The number of nitrogens with zero attached hydrogens (tertiary/aromatic N) is 4. The molecule has 8 rings (SSSR count). The zero-order valence-corrected chi connectivity index (χ0v) is 38.6. The number of aromatic amines is 2. The molecule has 0 aliphatic heterocycles. The monoisotopic (exact) mass is 958 g/mol. The maximum Gasteiger partial charge on any atom is 2.00 e. The summed E-state index contributed by atoms with van der Waals surface area (Å²) in [5.74, 6) is 0.985. The van der Waals surface area contributed by atoms with Crippen LogP contribution in [0.1, 0.15) is 33.4 Å². The van der Waals surface area contributed by atoms with E-state index in [1.165, 1.54) is 6.08 Å². The Morgan fingerprint density at radius 3 is 1.53 bits per heavy atom. The number of anilines is 4. The second-order valence-electron chi connectivity index (χ2n) is 12.9. The van der Waals surface area contributed by atoms with E-state index in [-0.39, 0.29) is 56.8 Å². The number of pyridine rings is 2. The maximum atomic E-state index is 12.9. The molecule has 0 radical (unpaired) electrons. The minimum absolute atomic E-state index is 0. The van der Waals surface area contributed by atoms with E-state index in [0.717, 1.165) is 10.9 Å². The fraction of sp³-hybridized carbons (Fsp3) is 0.119. The van der Waals surface area contributed by atoms with Crippen LogP contribution in [0.4, 0.5) is 23.3 Å². The average molecular weight is 962 g/mol. The summed E-state index contributed by atoms with van der Waals surface area (Å²) in [6, 6.07) is 17.7. The summed E-state index contributed by atoms with van der Waals surface area (Å²) in [4.78, 5) is 51.3. The Morgan fingerprint density at radius 2 is 1.13 bits per heavy atom. The normalized spacial score (nSPS) is 11.2. The summed E-state index contributed by atoms with van der Waals surface area (Å²) < 4.78 is 3.56. The van der Waals surface area contributed by atoms with Gasteiger partial charge in [-0.3, -0.25) is 21.0 Å². The number of imidazole rings is 2. The molecule has 0 bridgehead atoms. The third-order valence-corrected chi connectivity index (χ3v) is 10.9. The zero-order valence-electron chi connectivity index (χ0n) is 32.6. The van der Waals surface area contributed by atoms with E-state index in [1.807, 2.05) is 32.2 Å². The molecule has 0 aliphatic rings. The van der Waals surface area contributed by atoms with Gasteiger partial charge < -0.3 is 58.4 Å². The number of H-pyrrole nitrogens is 2. The number of carbonyl (C=O) groups is 1. The number of halogens is 5. The summed E-state index contributed by atoms with van der Waals surface area (Å²) in [5, 5.41) is 20.7. The molecule has 0 fully saturated rings. The van der Waals surface area contributed by atoms with E-state index in [2.05, 4.69) is 50.3 Å². The van der Waals surface area contributed by atoms with Crippen LogP contribution >= 0.6 is 46.4 Å². The van der Waals surface area contributed by atoms with Gasteiger partial charge >= 0.3 is 23.1 Å². The second kappa shape index (κ2) is 19.8. The number of aliphatic hydroxyl groups is 1. The van der Waals surface area contributed by atoms with Gasteiger partial charge in [0.15, 0.2) is 6.29 Å². The first-order chi connectivity index (χ1) is 27.7. The van der Waals surface area contributed by atoms with Gasteiger partial charge in [0.05, 0.1) is 75.7 Å². The molecule has 5 N–H and O–H groups in total. The largest absolute Gasteiger partial charge is 2.00 e. The minimum atomic E-state index is -0.950. The van der Waals surface area contributed by atoms with Crippen LogP contribution in [0.25, 0.3) is 43.6 Å². The number of hydrogen-bond donors (Lipinski definition) is 5. The predicted molar refractivity (Wildman–Crippen MR) is 243 cm³/mol. The van der Waals surface area contributed by atoms with Gasteiger partial charge in [0.2, 0.25) is 11.9 Å². The Hall–Kier alpha value is -4.64. The van der Waals surface area contributed by atoms with Crippen LogP contribution in [0.2, 0.25) is 20.1 Å². The molecule has 60 heavy (non-hydrogen) atoms. The van der Waals surface area contributed by atoms with Gasteiger partial charge in [0, 0.05) is 14.1 Å².